The van der Waals surface area contributed by atoms with Gasteiger partial charge in [-0.25, -0.2) is 0 Å². The van der Waals surface area contributed by atoms with E-state index in [4.69, 9.17) is 0 Å². The molecule has 2 nitrogen and oxygen atoms in total. The van der Waals surface area contributed by atoms with Crippen LogP contribution in [0.3, 0.4) is 0 Å². The van der Waals surface area contributed by atoms with Gasteiger partial charge in [-0.15, -0.1) is 0 Å². The second kappa shape index (κ2) is 6.02. The Kier molecular flexibility index (Phi) is 4.38. The molecule has 0 radical (unpaired) electrons. The highest BCUT2D eigenvalue weighted by Crippen LogP contribution is 2.23. The molecule has 0 bridgehead atoms. The van der Waals surface area contributed by atoms with Gasteiger partial charge in [0.05, 0.1) is 5.56 Å². The summed E-state index contributed by atoms with van der Waals surface area (Å²) in [6.45, 7) is 4.61. The third-order valence-electron chi connectivity index (χ3n) is 2.98. The van der Waals surface area contributed by atoms with Gasteiger partial charge in [0.2, 0.25) is 0 Å². The number of halogens is 1. The minimum absolute atomic E-state index is 0.0178. The number of hydrogen-bond acceptors (Lipinski definition) is 1. The number of nitrogens with zero attached hydrogens (tertiary/aromatic N) is 1. The van der Waals surface area contributed by atoms with Crippen molar-refractivity contribution < 1.29 is 4.79 Å². The number of aryl methyl sites for hydroxylation is 1. The van der Waals surface area contributed by atoms with Crippen molar-refractivity contribution in [2.75, 3.05) is 11.4 Å². The number of amides is 1. The van der Waals surface area contributed by atoms with E-state index in [9.17, 15) is 4.79 Å². The Morgan fingerprint density at radius 2 is 1.84 bits per heavy atom. The molecule has 1 amide bonds. The molecule has 0 unspecified atom stereocenters. The molecular weight excluding hydrogens is 302 g/mol. The molecule has 0 saturated heterocycles. The predicted molar refractivity (Wildman–Crippen MR) is 82.7 cm³/mol. The van der Waals surface area contributed by atoms with Crippen molar-refractivity contribution in [3.8, 4) is 0 Å². The lowest BCUT2D eigenvalue weighted by Gasteiger charge is -2.21. The minimum atomic E-state index is 0.0178. The third kappa shape index (κ3) is 3.04. The summed E-state index contributed by atoms with van der Waals surface area (Å²) in [5.74, 6) is 0.0178. The van der Waals surface area contributed by atoms with Crippen LogP contribution in [0.15, 0.2) is 53.0 Å². The van der Waals surface area contributed by atoms with Crippen LogP contribution in [0.25, 0.3) is 0 Å². The number of carbonyl (C=O) groups is 1. The van der Waals surface area contributed by atoms with E-state index < -0.39 is 0 Å². The molecule has 0 aliphatic carbocycles. The second-order valence-electron chi connectivity index (χ2n) is 4.37. The van der Waals surface area contributed by atoms with E-state index >= 15 is 0 Å². The number of anilines is 1. The Bertz CT molecular complexity index is 581. The zero-order valence-corrected chi connectivity index (χ0v) is 12.6. The lowest BCUT2D eigenvalue weighted by molar-refractivity contribution is 0.0987. The summed E-state index contributed by atoms with van der Waals surface area (Å²) >= 11 is 3.45. The van der Waals surface area contributed by atoms with Crippen LogP contribution in [0.2, 0.25) is 0 Å². The Hall–Kier alpha value is -1.61. The zero-order valence-electron chi connectivity index (χ0n) is 11.1. The second-order valence-corrected chi connectivity index (χ2v) is 5.22. The third-order valence-corrected chi connectivity index (χ3v) is 3.67. The maximum atomic E-state index is 12.6. The van der Waals surface area contributed by atoms with Gasteiger partial charge in [0.25, 0.3) is 5.91 Å². The number of rotatable bonds is 3. The zero-order chi connectivity index (χ0) is 13.8. The molecule has 0 aromatic heterocycles. The van der Waals surface area contributed by atoms with Gasteiger partial charge in [-0.3, -0.25) is 4.79 Å². The molecule has 0 aliphatic heterocycles. The molecule has 0 aliphatic rings. The first kappa shape index (κ1) is 13.8. The fourth-order valence-electron chi connectivity index (χ4n) is 2.00. The maximum Gasteiger partial charge on any atom is 0.259 e. The van der Waals surface area contributed by atoms with Crippen LogP contribution in [0.1, 0.15) is 22.8 Å². The first-order chi connectivity index (χ1) is 9.13. The Balaban J connectivity index is 2.39. The normalized spacial score (nSPS) is 10.3. The Labute approximate surface area is 122 Å². The average Bonchev–Trinajstić information content (AvgIpc) is 2.43. The van der Waals surface area contributed by atoms with Crippen LogP contribution in [0.5, 0.6) is 0 Å². The average molecular weight is 318 g/mol. The Morgan fingerprint density at radius 1 is 1.16 bits per heavy atom. The lowest BCUT2D eigenvalue weighted by atomic mass is 10.1. The van der Waals surface area contributed by atoms with Crippen LogP contribution in [-0.2, 0) is 0 Å². The lowest BCUT2D eigenvalue weighted by Crippen LogP contribution is -2.30. The van der Waals surface area contributed by atoms with Crippen LogP contribution < -0.4 is 4.90 Å². The smallest absolute Gasteiger partial charge is 0.259 e. The molecule has 98 valence electrons. The summed E-state index contributed by atoms with van der Waals surface area (Å²) < 4.78 is 0.831. The number of hydrogen-bond donors (Lipinski definition) is 0. The van der Waals surface area contributed by atoms with Gasteiger partial charge in [-0.1, -0.05) is 29.8 Å². The Morgan fingerprint density at radius 3 is 2.47 bits per heavy atom. The van der Waals surface area contributed by atoms with E-state index in [0.29, 0.717) is 12.1 Å². The van der Waals surface area contributed by atoms with Crippen LogP contribution >= 0.6 is 15.9 Å². The van der Waals surface area contributed by atoms with E-state index in [1.807, 2.05) is 62.4 Å². The van der Waals surface area contributed by atoms with Crippen LogP contribution in [0, 0.1) is 6.92 Å². The topological polar surface area (TPSA) is 20.3 Å². The fourth-order valence-corrected chi connectivity index (χ4v) is 2.42. The highest BCUT2D eigenvalue weighted by Gasteiger charge is 2.18. The van der Waals surface area contributed by atoms with Crippen molar-refractivity contribution in [2.45, 2.75) is 13.8 Å². The number of carbonyl (C=O) groups excluding carboxylic acids is 1. The molecule has 2 aromatic rings. The van der Waals surface area contributed by atoms with Gasteiger partial charge in [0.15, 0.2) is 0 Å². The molecule has 3 heteroatoms. The standard InChI is InChI=1S/C16H16BrNO/c1-3-18(13-7-5-4-6-8-13)16(19)14-11-12(2)9-10-15(14)17/h4-11H,3H2,1-2H3. The van der Waals surface area contributed by atoms with Gasteiger partial charge in [-0.2, -0.15) is 0 Å². The van der Waals surface area contributed by atoms with Crippen molar-refractivity contribution >= 4 is 27.5 Å². The summed E-state index contributed by atoms with van der Waals surface area (Å²) in [6, 6.07) is 15.5. The monoisotopic (exact) mass is 317 g/mol. The first-order valence-corrected chi connectivity index (χ1v) is 7.06. The van der Waals surface area contributed by atoms with E-state index in [2.05, 4.69) is 15.9 Å². The van der Waals surface area contributed by atoms with Crippen molar-refractivity contribution in [1.29, 1.82) is 0 Å². The van der Waals surface area contributed by atoms with Crippen molar-refractivity contribution in [2.24, 2.45) is 0 Å². The molecule has 19 heavy (non-hydrogen) atoms. The van der Waals surface area contributed by atoms with Gasteiger partial charge < -0.3 is 4.90 Å². The molecule has 0 heterocycles. The summed E-state index contributed by atoms with van der Waals surface area (Å²) in [7, 11) is 0. The van der Waals surface area contributed by atoms with Crippen LogP contribution in [0.4, 0.5) is 5.69 Å². The van der Waals surface area contributed by atoms with Gasteiger partial charge in [0.1, 0.15) is 0 Å². The SMILES string of the molecule is CCN(C(=O)c1cc(C)ccc1Br)c1ccccc1. The number of para-hydroxylation sites is 1. The van der Waals surface area contributed by atoms with Crippen molar-refractivity contribution in [3.05, 3.63) is 64.1 Å². The molecule has 0 fully saturated rings. The molecule has 2 aromatic carbocycles. The summed E-state index contributed by atoms with van der Waals surface area (Å²) in [4.78, 5) is 14.4. The predicted octanol–water partition coefficient (Wildman–Crippen LogP) is 4.42. The highest BCUT2D eigenvalue weighted by atomic mass is 79.9. The minimum Gasteiger partial charge on any atom is -0.309 e. The molecule has 0 spiro atoms. The molecular formula is C16H16BrNO. The van der Waals surface area contributed by atoms with E-state index in [0.717, 1.165) is 15.7 Å². The molecule has 2 rings (SSSR count). The number of benzene rings is 2. The maximum absolute atomic E-state index is 12.6. The fraction of sp³-hybridized carbons (Fsp3) is 0.188. The van der Waals surface area contributed by atoms with Crippen molar-refractivity contribution in [3.63, 3.8) is 0 Å². The molecule has 0 atom stereocenters. The van der Waals surface area contributed by atoms with Gasteiger partial charge in [0, 0.05) is 16.7 Å². The van der Waals surface area contributed by atoms with E-state index in [1.54, 1.807) is 4.90 Å². The summed E-state index contributed by atoms with van der Waals surface area (Å²) in [5, 5.41) is 0. The van der Waals surface area contributed by atoms with Gasteiger partial charge in [-0.05, 0) is 54.0 Å². The molecule has 0 saturated carbocycles. The summed E-state index contributed by atoms with van der Waals surface area (Å²) in [6.07, 6.45) is 0. The quantitative estimate of drug-likeness (QED) is 0.820. The molecule has 0 N–H and O–H groups in total. The summed E-state index contributed by atoms with van der Waals surface area (Å²) in [5.41, 5.74) is 2.70. The van der Waals surface area contributed by atoms with E-state index in [1.165, 1.54) is 0 Å². The van der Waals surface area contributed by atoms with Crippen molar-refractivity contribution in [1.82, 2.24) is 0 Å². The van der Waals surface area contributed by atoms with E-state index in [-0.39, 0.29) is 5.91 Å². The van der Waals surface area contributed by atoms with Crippen LogP contribution in [-0.4, -0.2) is 12.5 Å². The van der Waals surface area contributed by atoms with Gasteiger partial charge >= 0.3 is 0 Å². The first-order valence-electron chi connectivity index (χ1n) is 6.26. The highest BCUT2D eigenvalue weighted by molar-refractivity contribution is 9.10. The largest absolute Gasteiger partial charge is 0.309 e.